The largest absolute Gasteiger partial charge is 0.494 e. The molecule has 0 fully saturated rings. The summed E-state index contributed by atoms with van der Waals surface area (Å²) in [5.74, 6) is 0.464. The Balaban J connectivity index is 2.71. The quantitative estimate of drug-likeness (QED) is 0.874. The van der Waals surface area contributed by atoms with E-state index >= 15 is 0 Å². The standard InChI is InChI=1S/C13H17BrO4/c1-4-17-9-5-6-11(10(14)7-9)18-8-13(2,3)12(15)16/h5-7H,4,8H2,1-3H3,(H,15,16). The molecule has 0 amide bonds. The molecule has 0 atom stereocenters. The van der Waals surface area contributed by atoms with Crippen LogP contribution in [0.25, 0.3) is 0 Å². The van der Waals surface area contributed by atoms with Crippen LogP contribution in [-0.2, 0) is 4.79 Å². The van der Waals surface area contributed by atoms with Gasteiger partial charge in [-0.25, -0.2) is 0 Å². The third kappa shape index (κ3) is 3.91. The second-order valence-electron chi connectivity index (χ2n) is 4.50. The van der Waals surface area contributed by atoms with Gasteiger partial charge in [-0.1, -0.05) is 0 Å². The number of carboxylic acids is 1. The Morgan fingerprint density at radius 1 is 1.39 bits per heavy atom. The first kappa shape index (κ1) is 14.8. The minimum Gasteiger partial charge on any atom is -0.494 e. The van der Waals surface area contributed by atoms with E-state index in [-0.39, 0.29) is 6.61 Å². The second-order valence-corrected chi connectivity index (χ2v) is 5.36. The third-order valence-corrected chi connectivity index (χ3v) is 3.00. The van der Waals surface area contributed by atoms with Crippen molar-refractivity contribution < 1.29 is 19.4 Å². The van der Waals surface area contributed by atoms with Gasteiger partial charge in [-0.2, -0.15) is 0 Å². The van der Waals surface area contributed by atoms with E-state index in [1.54, 1.807) is 32.0 Å². The van der Waals surface area contributed by atoms with Gasteiger partial charge in [0.15, 0.2) is 0 Å². The summed E-state index contributed by atoms with van der Waals surface area (Å²) in [6, 6.07) is 5.34. The molecule has 100 valence electrons. The van der Waals surface area contributed by atoms with E-state index in [1.807, 2.05) is 6.92 Å². The van der Waals surface area contributed by atoms with Gasteiger partial charge in [-0.05, 0) is 54.9 Å². The van der Waals surface area contributed by atoms with Crippen LogP contribution in [0.15, 0.2) is 22.7 Å². The molecule has 0 saturated carbocycles. The third-order valence-electron chi connectivity index (χ3n) is 2.38. The second kappa shape index (κ2) is 6.09. The zero-order chi connectivity index (χ0) is 13.8. The molecule has 1 aromatic rings. The van der Waals surface area contributed by atoms with Crippen LogP contribution in [0, 0.1) is 5.41 Å². The minimum absolute atomic E-state index is 0.106. The topological polar surface area (TPSA) is 55.8 Å². The van der Waals surface area contributed by atoms with Crippen molar-refractivity contribution in [2.24, 2.45) is 5.41 Å². The highest BCUT2D eigenvalue weighted by atomic mass is 79.9. The molecule has 1 rings (SSSR count). The Hall–Kier alpha value is -1.23. The fourth-order valence-corrected chi connectivity index (χ4v) is 1.65. The van der Waals surface area contributed by atoms with Gasteiger partial charge in [0.2, 0.25) is 0 Å². The number of aliphatic carboxylic acids is 1. The summed E-state index contributed by atoms with van der Waals surface area (Å²) in [5.41, 5.74) is -0.919. The number of carbonyl (C=O) groups is 1. The van der Waals surface area contributed by atoms with Crippen LogP contribution in [-0.4, -0.2) is 24.3 Å². The average molecular weight is 317 g/mol. The van der Waals surface area contributed by atoms with E-state index < -0.39 is 11.4 Å². The van der Waals surface area contributed by atoms with Gasteiger partial charge in [0.25, 0.3) is 0 Å². The number of carboxylic acid groups (broad SMARTS) is 1. The number of halogens is 1. The molecule has 0 saturated heterocycles. The van der Waals surface area contributed by atoms with E-state index in [0.717, 1.165) is 10.2 Å². The van der Waals surface area contributed by atoms with Gasteiger partial charge in [-0.15, -0.1) is 0 Å². The van der Waals surface area contributed by atoms with E-state index in [4.69, 9.17) is 14.6 Å². The van der Waals surface area contributed by atoms with Gasteiger partial charge in [-0.3, -0.25) is 4.79 Å². The number of ether oxygens (including phenoxy) is 2. The molecule has 5 heteroatoms. The first-order valence-electron chi connectivity index (χ1n) is 5.65. The maximum Gasteiger partial charge on any atom is 0.312 e. The van der Waals surface area contributed by atoms with Crippen molar-refractivity contribution in [3.8, 4) is 11.5 Å². The SMILES string of the molecule is CCOc1ccc(OCC(C)(C)C(=O)O)c(Br)c1. The average Bonchev–Trinajstić information content (AvgIpc) is 2.28. The van der Waals surface area contributed by atoms with Gasteiger partial charge in [0.1, 0.15) is 18.1 Å². The van der Waals surface area contributed by atoms with Crippen molar-refractivity contribution in [3.63, 3.8) is 0 Å². The Kier molecular flexibility index (Phi) is 5.02. The fourth-order valence-electron chi connectivity index (χ4n) is 1.17. The fraction of sp³-hybridized carbons (Fsp3) is 0.462. The van der Waals surface area contributed by atoms with Crippen molar-refractivity contribution in [2.75, 3.05) is 13.2 Å². The molecule has 1 aromatic carbocycles. The molecule has 0 aromatic heterocycles. The maximum atomic E-state index is 11.0. The monoisotopic (exact) mass is 316 g/mol. The molecule has 0 aliphatic heterocycles. The van der Waals surface area contributed by atoms with Crippen LogP contribution < -0.4 is 9.47 Å². The van der Waals surface area contributed by atoms with Crippen LogP contribution in [0.2, 0.25) is 0 Å². The van der Waals surface area contributed by atoms with E-state index in [2.05, 4.69) is 15.9 Å². The molecular formula is C13H17BrO4. The summed E-state index contributed by atoms with van der Waals surface area (Å²) in [5, 5.41) is 8.99. The lowest BCUT2D eigenvalue weighted by Crippen LogP contribution is -2.30. The van der Waals surface area contributed by atoms with Crippen molar-refractivity contribution >= 4 is 21.9 Å². The Morgan fingerprint density at radius 3 is 2.56 bits per heavy atom. The van der Waals surface area contributed by atoms with Crippen molar-refractivity contribution in [3.05, 3.63) is 22.7 Å². The number of rotatable bonds is 6. The first-order chi connectivity index (χ1) is 8.36. The normalized spacial score (nSPS) is 11.1. The van der Waals surface area contributed by atoms with Crippen LogP contribution in [0.3, 0.4) is 0 Å². The molecule has 0 heterocycles. The molecule has 0 bridgehead atoms. The summed E-state index contributed by atoms with van der Waals surface area (Å²) < 4.78 is 11.6. The predicted octanol–water partition coefficient (Wildman–Crippen LogP) is 3.34. The summed E-state index contributed by atoms with van der Waals surface area (Å²) in [6.45, 7) is 5.86. The van der Waals surface area contributed by atoms with Crippen LogP contribution in [0.4, 0.5) is 0 Å². The highest BCUT2D eigenvalue weighted by Gasteiger charge is 2.28. The van der Waals surface area contributed by atoms with Crippen LogP contribution in [0.5, 0.6) is 11.5 Å². The molecule has 0 aliphatic carbocycles. The number of benzene rings is 1. The highest BCUT2D eigenvalue weighted by Crippen LogP contribution is 2.30. The van der Waals surface area contributed by atoms with E-state index in [9.17, 15) is 4.79 Å². The van der Waals surface area contributed by atoms with Gasteiger partial charge >= 0.3 is 5.97 Å². The predicted molar refractivity (Wildman–Crippen MR) is 72.2 cm³/mol. The summed E-state index contributed by atoms with van der Waals surface area (Å²) in [4.78, 5) is 11.0. The molecule has 0 radical (unpaired) electrons. The summed E-state index contributed by atoms with van der Waals surface area (Å²) >= 11 is 3.37. The summed E-state index contributed by atoms with van der Waals surface area (Å²) in [7, 11) is 0. The van der Waals surface area contributed by atoms with Crippen LogP contribution >= 0.6 is 15.9 Å². The van der Waals surface area contributed by atoms with E-state index in [0.29, 0.717) is 12.4 Å². The van der Waals surface area contributed by atoms with E-state index in [1.165, 1.54) is 0 Å². The molecule has 18 heavy (non-hydrogen) atoms. The smallest absolute Gasteiger partial charge is 0.312 e. The zero-order valence-corrected chi connectivity index (χ0v) is 12.3. The van der Waals surface area contributed by atoms with Crippen molar-refractivity contribution in [2.45, 2.75) is 20.8 Å². The zero-order valence-electron chi connectivity index (χ0n) is 10.7. The maximum absolute atomic E-state index is 11.0. The van der Waals surface area contributed by atoms with Crippen molar-refractivity contribution in [1.82, 2.24) is 0 Å². The lowest BCUT2D eigenvalue weighted by molar-refractivity contribution is -0.148. The lowest BCUT2D eigenvalue weighted by Gasteiger charge is -2.20. The number of hydrogen-bond acceptors (Lipinski definition) is 3. The highest BCUT2D eigenvalue weighted by molar-refractivity contribution is 9.10. The molecule has 4 nitrogen and oxygen atoms in total. The molecule has 0 spiro atoms. The van der Waals surface area contributed by atoms with Crippen molar-refractivity contribution in [1.29, 1.82) is 0 Å². The first-order valence-corrected chi connectivity index (χ1v) is 6.44. The molecule has 1 N–H and O–H groups in total. The molecule has 0 aliphatic rings. The Morgan fingerprint density at radius 2 is 2.06 bits per heavy atom. The molecular weight excluding hydrogens is 300 g/mol. The Labute approximate surface area is 115 Å². The van der Waals surface area contributed by atoms with Gasteiger partial charge < -0.3 is 14.6 Å². The Bertz CT molecular complexity index is 429. The lowest BCUT2D eigenvalue weighted by atomic mass is 9.95. The van der Waals surface area contributed by atoms with Crippen LogP contribution in [0.1, 0.15) is 20.8 Å². The minimum atomic E-state index is -0.919. The summed E-state index contributed by atoms with van der Waals surface area (Å²) in [6.07, 6.45) is 0. The number of hydrogen-bond donors (Lipinski definition) is 1. The van der Waals surface area contributed by atoms with Gasteiger partial charge in [0.05, 0.1) is 16.5 Å². The molecule has 0 unspecified atom stereocenters. The van der Waals surface area contributed by atoms with Gasteiger partial charge in [0, 0.05) is 0 Å².